The first-order valence-corrected chi connectivity index (χ1v) is 6.81. The van der Waals surface area contributed by atoms with Crippen LogP contribution in [0.2, 0.25) is 0 Å². The molecular formula is C12H16N2OS. The quantitative estimate of drug-likeness (QED) is 0.838. The molecule has 0 bridgehead atoms. The van der Waals surface area contributed by atoms with Gasteiger partial charge in [-0.05, 0) is 36.4 Å². The van der Waals surface area contributed by atoms with Crippen LogP contribution in [0.25, 0.3) is 0 Å². The Morgan fingerprint density at radius 3 is 3.25 bits per heavy atom. The second kappa shape index (κ2) is 5.37. The zero-order valence-corrected chi connectivity index (χ0v) is 10.2. The molecule has 0 saturated heterocycles. The van der Waals surface area contributed by atoms with Gasteiger partial charge in [0.15, 0.2) is 0 Å². The molecule has 86 valence electrons. The van der Waals surface area contributed by atoms with Crippen molar-refractivity contribution in [2.45, 2.75) is 13.0 Å². The van der Waals surface area contributed by atoms with Crippen LogP contribution in [0.3, 0.4) is 0 Å². The Kier molecular flexibility index (Phi) is 3.85. The minimum absolute atomic E-state index is 0.0754. The number of benzene rings is 1. The zero-order valence-electron chi connectivity index (χ0n) is 9.38. The van der Waals surface area contributed by atoms with Crippen LogP contribution in [-0.2, 0) is 17.8 Å². The molecule has 0 aromatic heterocycles. The Balaban J connectivity index is 2.17. The Morgan fingerprint density at radius 1 is 1.56 bits per heavy atom. The topological polar surface area (TPSA) is 41.1 Å². The minimum atomic E-state index is 0.0754. The maximum absolute atomic E-state index is 11.5. The smallest absolute Gasteiger partial charge is 0.234 e. The largest absolute Gasteiger partial charge is 0.325 e. The van der Waals surface area contributed by atoms with E-state index in [9.17, 15) is 4.79 Å². The van der Waals surface area contributed by atoms with E-state index in [0.717, 1.165) is 25.2 Å². The lowest BCUT2D eigenvalue weighted by molar-refractivity contribution is -0.113. The predicted molar refractivity (Wildman–Crippen MR) is 68.9 cm³/mol. The Hall–Kier alpha value is -1.00. The molecule has 0 atom stereocenters. The molecule has 1 amide bonds. The van der Waals surface area contributed by atoms with Crippen molar-refractivity contribution < 1.29 is 4.79 Å². The van der Waals surface area contributed by atoms with E-state index >= 15 is 0 Å². The van der Waals surface area contributed by atoms with Crippen molar-refractivity contribution in [2.75, 3.05) is 23.9 Å². The van der Waals surface area contributed by atoms with Gasteiger partial charge in [0, 0.05) is 12.2 Å². The van der Waals surface area contributed by atoms with Gasteiger partial charge in [-0.25, -0.2) is 0 Å². The molecule has 2 rings (SSSR count). The summed E-state index contributed by atoms with van der Waals surface area (Å²) in [7, 11) is 0. The normalized spacial score (nSPS) is 14.3. The third-order valence-electron chi connectivity index (χ3n) is 2.70. The van der Waals surface area contributed by atoms with E-state index in [1.54, 1.807) is 0 Å². The van der Waals surface area contributed by atoms with E-state index in [1.165, 1.54) is 22.9 Å². The van der Waals surface area contributed by atoms with Crippen LogP contribution in [0.4, 0.5) is 5.69 Å². The average molecular weight is 236 g/mol. The second-order valence-electron chi connectivity index (χ2n) is 3.85. The van der Waals surface area contributed by atoms with Gasteiger partial charge < -0.3 is 10.6 Å². The number of hydrogen-bond donors (Lipinski definition) is 2. The summed E-state index contributed by atoms with van der Waals surface area (Å²) < 4.78 is 0. The SMILES string of the molecule is CSCC(=O)Nc1cccc2c1CNCC2. The van der Waals surface area contributed by atoms with Gasteiger partial charge in [0.05, 0.1) is 5.75 Å². The molecule has 2 N–H and O–H groups in total. The summed E-state index contributed by atoms with van der Waals surface area (Å²) >= 11 is 1.54. The van der Waals surface area contributed by atoms with E-state index in [0.29, 0.717) is 5.75 Å². The van der Waals surface area contributed by atoms with Crippen LogP contribution in [0.15, 0.2) is 18.2 Å². The number of carbonyl (C=O) groups excluding carboxylic acids is 1. The van der Waals surface area contributed by atoms with E-state index in [-0.39, 0.29) is 5.91 Å². The molecule has 1 aromatic carbocycles. The monoisotopic (exact) mass is 236 g/mol. The van der Waals surface area contributed by atoms with Crippen LogP contribution < -0.4 is 10.6 Å². The highest BCUT2D eigenvalue weighted by molar-refractivity contribution is 7.99. The van der Waals surface area contributed by atoms with Gasteiger partial charge >= 0.3 is 0 Å². The molecular weight excluding hydrogens is 220 g/mol. The van der Waals surface area contributed by atoms with Gasteiger partial charge in [-0.2, -0.15) is 11.8 Å². The summed E-state index contributed by atoms with van der Waals surface area (Å²) in [6.45, 7) is 1.88. The molecule has 0 unspecified atom stereocenters. The van der Waals surface area contributed by atoms with Gasteiger partial charge in [-0.3, -0.25) is 4.79 Å². The van der Waals surface area contributed by atoms with Crippen LogP contribution in [0.1, 0.15) is 11.1 Å². The third-order valence-corrected chi connectivity index (χ3v) is 3.25. The molecule has 1 aromatic rings. The number of fused-ring (bicyclic) bond motifs is 1. The first kappa shape index (κ1) is 11.5. The van der Waals surface area contributed by atoms with Crippen molar-refractivity contribution in [1.82, 2.24) is 5.32 Å². The summed E-state index contributed by atoms with van der Waals surface area (Å²) in [5.41, 5.74) is 3.55. The van der Waals surface area contributed by atoms with Crippen LogP contribution >= 0.6 is 11.8 Å². The standard InChI is InChI=1S/C12H16N2OS/c1-16-8-12(15)14-11-4-2-3-9-5-6-13-7-10(9)11/h2-4,13H,5-8H2,1H3,(H,14,15). The van der Waals surface area contributed by atoms with E-state index in [2.05, 4.69) is 16.7 Å². The van der Waals surface area contributed by atoms with Crippen LogP contribution in [-0.4, -0.2) is 24.5 Å². The number of anilines is 1. The van der Waals surface area contributed by atoms with Crippen LogP contribution in [0, 0.1) is 0 Å². The number of thioether (sulfide) groups is 1. The highest BCUT2D eigenvalue weighted by Gasteiger charge is 2.13. The van der Waals surface area contributed by atoms with Gasteiger partial charge in [0.1, 0.15) is 0 Å². The highest BCUT2D eigenvalue weighted by Crippen LogP contribution is 2.22. The Labute approximate surface area is 100.0 Å². The Bertz CT molecular complexity index is 393. The first-order chi connectivity index (χ1) is 7.81. The van der Waals surface area contributed by atoms with Crippen molar-refractivity contribution >= 4 is 23.4 Å². The van der Waals surface area contributed by atoms with Crippen molar-refractivity contribution in [3.63, 3.8) is 0 Å². The maximum Gasteiger partial charge on any atom is 0.234 e. The predicted octanol–water partition coefficient (Wildman–Crippen LogP) is 1.63. The summed E-state index contributed by atoms with van der Waals surface area (Å²) in [5.74, 6) is 0.586. The summed E-state index contributed by atoms with van der Waals surface area (Å²) in [6.07, 6.45) is 2.98. The molecule has 0 radical (unpaired) electrons. The van der Waals surface area contributed by atoms with Gasteiger partial charge in [0.2, 0.25) is 5.91 Å². The second-order valence-corrected chi connectivity index (χ2v) is 4.72. The van der Waals surface area contributed by atoms with Crippen molar-refractivity contribution in [3.05, 3.63) is 29.3 Å². The fraction of sp³-hybridized carbons (Fsp3) is 0.417. The van der Waals surface area contributed by atoms with Crippen molar-refractivity contribution in [3.8, 4) is 0 Å². The van der Waals surface area contributed by atoms with Crippen molar-refractivity contribution in [2.24, 2.45) is 0 Å². The number of hydrogen-bond acceptors (Lipinski definition) is 3. The Morgan fingerprint density at radius 2 is 2.44 bits per heavy atom. The maximum atomic E-state index is 11.5. The molecule has 1 aliphatic rings. The molecule has 0 spiro atoms. The molecule has 0 saturated carbocycles. The molecule has 0 aliphatic carbocycles. The highest BCUT2D eigenvalue weighted by atomic mass is 32.2. The summed E-state index contributed by atoms with van der Waals surface area (Å²) in [6, 6.07) is 6.13. The number of rotatable bonds is 3. The third kappa shape index (κ3) is 2.57. The van der Waals surface area contributed by atoms with Crippen molar-refractivity contribution in [1.29, 1.82) is 0 Å². The van der Waals surface area contributed by atoms with Gasteiger partial charge in [-0.1, -0.05) is 12.1 Å². The molecule has 16 heavy (non-hydrogen) atoms. The number of carbonyl (C=O) groups is 1. The molecule has 3 nitrogen and oxygen atoms in total. The number of nitrogens with one attached hydrogen (secondary N) is 2. The minimum Gasteiger partial charge on any atom is -0.325 e. The summed E-state index contributed by atoms with van der Waals surface area (Å²) in [5, 5.41) is 6.30. The zero-order chi connectivity index (χ0) is 11.4. The van der Waals surface area contributed by atoms with E-state index < -0.39 is 0 Å². The number of amides is 1. The first-order valence-electron chi connectivity index (χ1n) is 5.41. The molecule has 4 heteroatoms. The average Bonchev–Trinajstić information content (AvgIpc) is 2.30. The molecule has 0 fully saturated rings. The lowest BCUT2D eigenvalue weighted by atomic mass is 9.99. The van der Waals surface area contributed by atoms with Crippen LogP contribution in [0.5, 0.6) is 0 Å². The molecule has 1 heterocycles. The summed E-state index contributed by atoms with van der Waals surface area (Å²) in [4.78, 5) is 11.5. The fourth-order valence-corrected chi connectivity index (χ4v) is 2.28. The van der Waals surface area contributed by atoms with Gasteiger partial charge in [0.25, 0.3) is 0 Å². The van der Waals surface area contributed by atoms with E-state index in [4.69, 9.17) is 0 Å². The lowest BCUT2D eigenvalue weighted by Crippen LogP contribution is -2.25. The molecule has 1 aliphatic heterocycles. The fourth-order valence-electron chi connectivity index (χ4n) is 1.95. The lowest BCUT2D eigenvalue weighted by Gasteiger charge is -2.20. The van der Waals surface area contributed by atoms with E-state index in [1.807, 2.05) is 18.4 Å². The van der Waals surface area contributed by atoms with Gasteiger partial charge in [-0.15, -0.1) is 0 Å².